The number of nitrogens with one attached hydrogen (secondary N) is 1. The highest BCUT2D eigenvalue weighted by Gasteiger charge is 2.06. The molecule has 0 fully saturated rings. The Labute approximate surface area is 147 Å². The van der Waals surface area contributed by atoms with Crippen molar-refractivity contribution in [2.75, 3.05) is 13.7 Å². The first-order valence-corrected chi connectivity index (χ1v) is 7.80. The zero-order chi connectivity index (χ0) is 16.7. The highest BCUT2D eigenvalue weighted by atomic mass is 79.9. The van der Waals surface area contributed by atoms with E-state index in [9.17, 15) is 4.79 Å². The molecular weight excluding hydrogens is 384 g/mol. The largest absolute Gasteiger partial charge is 0.497 e. The normalized spacial score (nSPS) is 10.6. The Kier molecular flexibility index (Phi) is 6.43. The topological polar surface area (TPSA) is 59.9 Å². The molecule has 0 saturated carbocycles. The average Bonchev–Trinajstić information content (AvgIpc) is 2.55. The third-order valence-electron chi connectivity index (χ3n) is 2.80. The summed E-state index contributed by atoms with van der Waals surface area (Å²) in [6, 6.07) is 12.4. The van der Waals surface area contributed by atoms with E-state index in [4.69, 9.17) is 21.1 Å². The van der Waals surface area contributed by atoms with Crippen molar-refractivity contribution in [2.24, 2.45) is 5.10 Å². The number of methoxy groups -OCH3 is 1. The molecule has 7 heteroatoms. The molecule has 2 aromatic carbocycles. The Balaban J connectivity index is 1.85. The van der Waals surface area contributed by atoms with Crippen LogP contribution in [0.25, 0.3) is 0 Å². The minimum absolute atomic E-state index is 0.162. The SMILES string of the molecule is COc1ccc(OCC(=O)NN=Cc2ccccc2Cl)c(Br)c1. The third kappa shape index (κ3) is 5.26. The molecule has 2 rings (SSSR count). The van der Waals surface area contributed by atoms with Gasteiger partial charge >= 0.3 is 0 Å². The molecule has 0 bridgehead atoms. The third-order valence-corrected chi connectivity index (χ3v) is 3.76. The van der Waals surface area contributed by atoms with Crippen molar-refractivity contribution in [2.45, 2.75) is 0 Å². The number of hydrogen-bond acceptors (Lipinski definition) is 4. The van der Waals surface area contributed by atoms with Crippen LogP contribution < -0.4 is 14.9 Å². The second kappa shape index (κ2) is 8.55. The van der Waals surface area contributed by atoms with Crippen molar-refractivity contribution in [3.8, 4) is 11.5 Å². The lowest BCUT2D eigenvalue weighted by Gasteiger charge is -2.08. The van der Waals surface area contributed by atoms with Gasteiger partial charge in [-0.25, -0.2) is 5.43 Å². The molecule has 0 aliphatic carbocycles. The number of hydrazone groups is 1. The van der Waals surface area contributed by atoms with Crippen molar-refractivity contribution in [1.29, 1.82) is 0 Å². The minimum Gasteiger partial charge on any atom is -0.497 e. The van der Waals surface area contributed by atoms with Gasteiger partial charge in [0.15, 0.2) is 6.61 Å². The van der Waals surface area contributed by atoms with Crippen LogP contribution in [0, 0.1) is 0 Å². The molecule has 0 aromatic heterocycles. The summed E-state index contributed by atoms with van der Waals surface area (Å²) >= 11 is 9.33. The van der Waals surface area contributed by atoms with Crippen LogP contribution in [0.5, 0.6) is 11.5 Å². The molecule has 1 amide bonds. The standard InChI is InChI=1S/C16H14BrClN2O3/c1-22-12-6-7-15(13(17)8-12)23-10-16(21)20-19-9-11-4-2-3-5-14(11)18/h2-9H,10H2,1H3,(H,20,21). The Hall–Kier alpha value is -2.05. The maximum atomic E-state index is 11.7. The van der Waals surface area contributed by atoms with Gasteiger partial charge in [-0.15, -0.1) is 0 Å². The van der Waals surface area contributed by atoms with Crippen molar-refractivity contribution in [1.82, 2.24) is 5.43 Å². The quantitative estimate of drug-likeness (QED) is 0.598. The predicted octanol–water partition coefficient (Wildman–Crippen LogP) is 3.64. The Morgan fingerprint density at radius 1 is 1.35 bits per heavy atom. The van der Waals surface area contributed by atoms with Crippen LogP contribution in [-0.2, 0) is 4.79 Å². The molecule has 5 nitrogen and oxygen atoms in total. The molecule has 120 valence electrons. The van der Waals surface area contributed by atoms with Crippen LogP contribution >= 0.6 is 27.5 Å². The zero-order valence-electron chi connectivity index (χ0n) is 12.3. The van der Waals surface area contributed by atoms with Gasteiger partial charge in [0.25, 0.3) is 5.91 Å². The van der Waals surface area contributed by atoms with Crippen molar-refractivity contribution in [3.05, 3.63) is 57.5 Å². The predicted molar refractivity (Wildman–Crippen MR) is 93.4 cm³/mol. The first kappa shape index (κ1) is 17.3. The van der Waals surface area contributed by atoms with Crippen molar-refractivity contribution < 1.29 is 14.3 Å². The van der Waals surface area contributed by atoms with Gasteiger partial charge in [0, 0.05) is 10.6 Å². The Morgan fingerprint density at radius 2 is 2.13 bits per heavy atom. The van der Waals surface area contributed by atoms with Crippen LogP contribution in [0.15, 0.2) is 52.0 Å². The first-order chi connectivity index (χ1) is 11.1. The number of ether oxygens (including phenoxy) is 2. The summed E-state index contributed by atoms with van der Waals surface area (Å²) in [6.45, 7) is -0.162. The molecule has 1 N–H and O–H groups in total. The first-order valence-electron chi connectivity index (χ1n) is 6.63. The molecule has 0 spiro atoms. The smallest absolute Gasteiger partial charge is 0.277 e. The Bertz CT molecular complexity index is 722. The minimum atomic E-state index is -0.379. The lowest BCUT2D eigenvalue weighted by atomic mass is 10.2. The Morgan fingerprint density at radius 3 is 2.83 bits per heavy atom. The van der Waals surface area contributed by atoms with Gasteiger partial charge in [-0.3, -0.25) is 4.79 Å². The number of nitrogens with zero attached hydrogens (tertiary/aromatic N) is 1. The molecule has 0 unspecified atom stereocenters. The highest BCUT2D eigenvalue weighted by Crippen LogP contribution is 2.28. The number of hydrogen-bond donors (Lipinski definition) is 1. The van der Waals surface area contributed by atoms with E-state index in [0.29, 0.717) is 26.6 Å². The van der Waals surface area contributed by atoms with Crippen molar-refractivity contribution in [3.63, 3.8) is 0 Å². The number of carbonyl (C=O) groups is 1. The number of amides is 1. The number of rotatable bonds is 6. The summed E-state index contributed by atoms with van der Waals surface area (Å²) in [5.41, 5.74) is 3.09. The molecule has 0 atom stereocenters. The van der Waals surface area contributed by atoms with E-state index < -0.39 is 0 Å². The fraction of sp³-hybridized carbons (Fsp3) is 0.125. The number of halogens is 2. The lowest BCUT2D eigenvalue weighted by molar-refractivity contribution is -0.123. The number of benzene rings is 2. The second-order valence-electron chi connectivity index (χ2n) is 4.40. The monoisotopic (exact) mass is 396 g/mol. The molecule has 0 radical (unpaired) electrons. The summed E-state index contributed by atoms with van der Waals surface area (Å²) in [6.07, 6.45) is 1.48. The second-order valence-corrected chi connectivity index (χ2v) is 5.66. The van der Waals surface area contributed by atoms with Gasteiger partial charge < -0.3 is 9.47 Å². The number of carbonyl (C=O) groups excluding carboxylic acids is 1. The van der Waals surface area contributed by atoms with Gasteiger partial charge in [0.2, 0.25) is 0 Å². The summed E-state index contributed by atoms with van der Waals surface area (Å²) in [5, 5.41) is 4.40. The fourth-order valence-electron chi connectivity index (χ4n) is 1.65. The molecule has 2 aromatic rings. The van der Waals surface area contributed by atoms with Gasteiger partial charge in [0.05, 0.1) is 17.8 Å². The van der Waals surface area contributed by atoms with E-state index in [1.165, 1.54) is 6.21 Å². The van der Waals surface area contributed by atoms with E-state index >= 15 is 0 Å². The van der Waals surface area contributed by atoms with E-state index in [1.54, 1.807) is 37.4 Å². The van der Waals surface area contributed by atoms with Crippen LogP contribution in [0.3, 0.4) is 0 Å². The van der Waals surface area contributed by atoms with E-state index in [1.807, 2.05) is 12.1 Å². The van der Waals surface area contributed by atoms with Crippen LogP contribution in [0.4, 0.5) is 0 Å². The highest BCUT2D eigenvalue weighted by molar-refractivity contribution is 9.10. The molecule has 0 heterocycles. The average molecular weight is 398 g/mol. The van der Waals surface area contributed by atoms with Crippen LogP contribution in [-0.4, -0.2) is 25.8 Å². The molecule has 0 saturated heterocycles. The molecule has 0 aliphatic heterocycles. The summed E-state index contributed by atoms with van der Waals surface area (Å²) in [4.78, 5) is 11.7. The van der Waals surface area contributed by atoms with Gasteiger partial charge in [0.1, 0.15) is 11.5 Å². The lowest BCUT2D eigenvalue weighted by Crippen LogP contribution is -2.24. The van der Waals surface area contributed by atoms with Gasteiger partial charge in [-0.05, 0) is 40.2 Å². The van der Waals surface area contributed by atoms with Gasteiger partial charge in [-0.1, -0.05) is 29.8 Å². The van der Waals surface area contributed by atoms with E-state index in [-0.39, 0.29) is 12.5 Å². The molecule has 23 heavy (non-hydrogen) atoms. The summed E-state index contributed by atoms with van der Waals surface area (Å²) < 4.78 is 11.2. The van der Waals surface area contributed by atoms with Crippen LogP contribution in [0.1, 0.15) is 5.56 Å². The molecular formula is C16H14BrClN2O3. The fourth-order valence-corrected chi connectivity index (χ4v) is 2.31. The van der Waals surface area contributed by atoms with Crippen LogP contribution in [0.2, 0.25) is 5.02 Å². The summed E-state index contributed by atoms with van der Waals surface area (Å²) in [7, 11) is 1.58. The zero-order valence-corrected chi connectivity index (χ0v) is 14.6. The maximum Gasteiger partial charge on any atom is 0.277 e. The van der Waals surface area contributed by atoms with E-state index in [2.05, 4.69) is 26.5 Å². The summed E-state index contributed by atoms with van der Waals surface area (Å²) in [5.74, 6) is 0.852. The van der Waals surface area contributed by atoms with E-state index in [0.717, 1.165) is 0 Å². The molecule has 0 aliphatic rings. The van der Waals surface area contributed by atoms with Gasteiger partial charge in [-0.2, -0.15) is 5.10 Å². The maximum absolute atomic E-state index is 11.7. The van der Waals surface area contributed by atoms with Crippen molar-refractivity contribution >= 4 is 39.7 Å².